The molecule has 0 heterocycles. The van der Waals surface area contributed by atoms with Crippen molar-refractivity contribution in [2.75, 3.05) is 33.8 Å². The summed E-state index contributed by atoms with van der Waals surface area (Å²) in [5.41, 5.74) is 0.558. The van der Waals surface area contributed by atoms with Gasteiger partial charge in [0.2, 0.25) is 0 Å². The van der Waals surface area contributed by atoms with Gasteiger partial charge < -0.3 is 25.4 Å². The van der Waals surface area contributed by atoms with Gasteiger partial charge >= 0.3 is 6.09 Å². The van der Waals surface area contributed by atoms with E-state index in [4.69, 9.17) is 21.1 Å². The first-order valence-corrected chi connectivity index (χ1v) is 9.36. The maximum Gasteiger partial charge on any atom is 0.407 e. The Morgan fingerprint density at radius 1 is 1.14 bits per heavy atom. The van der Waals surface area contributed by atoms with Crippen LogP contribution in [0, 0.1) is 0 Å². The number of rotatable bonds is 8. The van der Waals surface area contributed by atoms with E-state index < -0.39 is 11.7 Å². The Morgan fingerprint density at radius 2 is 1.79 bits per heavy atom. The number of nitrogens with one attached hydrogen (secondary N) is 3. The molecular weight excluding hydrogens is 495 g/mol. The fourth-order valence-corrected chi connectivity index (χ4v) is 2.46. The second-order valence-corrected chi connectivity index (χ2v) is 7.32. The zero-order chi connectivity index (χ0) is 20.3. The van der Waals surface area contributed by atoms with Gasteiger partial charge in [-0.25, -0.2) is 4.79 Å². The molecule has 0 spiro atoms. The third-order valence-electron chi connectivity index (χ3n) is 3.48. The van der Waals surface area contributed by atoms with Crippen molar-refractivity contribution in [1.82, 2.24) is 16.0 Å². The number of methoxy groups -OCH3 is 1. The summed E-state index contributed by atoms with van der Waals surface area (Å²) >= 11 is 6.24. The van der Waals surface area contributed by atoms with E-state index in [1.54, 1.807) is 14.2 Å². The summed E-state index contributed by atoms with van der Waals surface area (Å²) in [5.74, 6) is 1.45. The summed E-state index contributed by atoms with van der Waals surface area (Å²) in [6.07, 6.45) is 1.12. The van der Waals surface area contributed by atoms with Crippen molar-refractivity contribution in [3.8, 4) is 5.75 Å². The van der Waals surface area contributed by atoms with Crippen molar-refractivity contribution in [2.24, 2.45) is 4.99 Å². The second-order valence-electron chi connectivity index (χ2n) is 6.92. The van der Waals surface area contributed by atoms with Crippen molar-refractivity contribution < 1.29 is 14.3 Å². The Hall–Kier alpha value is -1.42. The molecule has 1 amide bonds. The van der Waals surface area contributed by atoms with Crippen LogP contribution in [0.15, 0.2) is 23.2 Å². The number of halogens is 2. The highest BCUT2D eigenvalue weighted by molar-refractivity contribution is 14.0. The summed E-state index contributed by atoms with van der Waals surface area (Å²) in [6.45, 7) is 7.41. The molecule has 3 N–H and O–H groups in total. The molecule has 0 radical (unpaired) electrons. The lowest BCUT2D eigenvalue weighted by Crippen LogP contribution is -2.40. The summed E-state index contributed by atoms with van der Waals surface area (Å²) in [7, 11) is 3.33. The van der Waals surface area contributed by atoms with Crippen molar-refractivity contribution in [2.45, 2.75) is 39.2 Å². The van der Waals surface area contributed by atoms with Crippen LogP contribution in [-0.2, 0) is 11.2 Å². The second kappa shape index (κ2) is 13.7. The van der Waals surface area contributed by atoms with Crippen LogP contribution < -0.4 is 20.7 Å². The fraction of sp³-hybridized carbons (Fsp3) is 0.579. The predicted octanol–water partition coefficient (Wildman–Crippen LogP) is 3.59. The molecule has 0 bridgehead atoms. The lowest BCUT2D eigenvalue weighted by atomic mass is 10.1. The third-order valence-corrected chi connectivity index (χ3v) is 3.84. The number of ether oxygens (including phenoxy) is 2. The van der Waals surface area contributed by atoms with Gasteiger partial charge in [0.25, 0.3) is 0 Å². The third kappa shape index (κ3) is 11.4. The van der Waals surface area contributed by atoms with Gasteiger partial charge in [-0.3, -0.25) is 4.99 Å². The van der Waals surface area contributed by atoms with Crippen LogP contribution in [0.1, 0.15) is 32.8 Å². The first-order chi connectivity index (χ1) is 12.7. The predicted molar refractivity (Wildman–Crippen MR) is 125 cm³/mol. The normalized spacial score (nSPS) is 11.3. The molecule has 0 atom stereocenters. The van der Waals surface area contributed by atoms with E-state index in [1.807, 2.05) is 39.0 Å². The molecule has 1 aromatic carbocycles. The van der Waals surface area contributed by atoms with Gasteiger partial charge in [-0.15, -0.1) is 24.0 Å². The number of alkyl carbamates (subject to hydrolysis) is 1. The molecular formula is C19H32ClIN4O3. The van der Waals surface area contributed by atoms with E-state index in [0.717, 1.165) is 24.2 Å². The quantitative estimate of drug-likeness (QED) is 0.209. The Morgan fingerprint density at radius 3 is 2.36 bits per heavy atom. The number of carbonyl (C=O) groups excluding carboxylic acids is 1. The zero-order valence-corrected chi connectivity index (χ0v) is 20.3. The number of nitrogens with zero attached hydrogens (tertiary/aromatic N) is 1. The molecule has 0 aromatic heterocycles. The zero-order valence-electron chi connectivity index (χ0n) is 17.2. The van der Waals surface area contributed by atoms with Gasteiger partial charge in [-0.05, 0) is 51.3 Å². The molecule has 0 unspecified atom stereocenters. The van der Waals surface area contributed by atoms with Crippen LogP contribution >= 0.6 is 35.6 Å². The molecule has 0 aliphatic carbocycles. The molecule has 0 aliphatic heterocycles. The number of guanidine groups is 1. The van der Waals surface area contributed by atoms with E-state index in [9.17, 15) is 4.79 Å². The van der Waals surface area contributed by atoms with Crippen LogP contribution in [0.3, 0.4) is 0 Å². The van der Waals surface area contributed by atoms with Gasteiger partial charge in [-0.1, -0.05) is 17.7 Å². The highest BCUT2D eigenvalue weighted by atomic mass is 127. The minimum Gasteiger partial charge on any atom is -0.497 e. The van der Waals surface area contributed by atoms with Gasteiger partial charge in [0.05, 0.1) is 7.11 Å². The molecule has 0 saturated carbocycles. The molecule has 28 heavy (non-hydrogen) atoms. The summed E-state index contributed by atoms with van der Waals surface area (Å²) in [4.78, 5) is 15.7. The van der Waals surface area contributed by atoms with E-state index >= 15 is 0 Å². The lowest BCUT2D eigenvalue weighted by Gasteiger charge is -2.19. The van der Waals surface area contributed by atoms with Crippen LogP contribution in [-0.4, -0.2) is 51.4 Å². The average molecular weight is 527 g/mol. The molecule has 1 aromatic rings. The number of hydrogen-bond donors (Lipinski definition) is 3. The Balaban J connectivity index is 0.00000729. The number of amides is 1. The van der Waals surface area contributed by atoms with E-state index in [1.165, 1.54) is 0 Å². The van der Waals surface area contributed by atoms with E-state index in [2.05, 4.69) is 20.9 Å². The topological polar surface area (TPSA) is 84.0 Å². The van der Waals surface area contributed by atoms with Crippen molar-refractivity contribution in [3.05, 3.63) is 28.8 Å². The van der Waals surface area contributed by atoms with Gasteiger partial charge in [0.1, 0.15) is 11.4 Å². The van der Waals surface area contributed by atoms with E-state index in [0.29, 0.717) is 30.6 Å². The molecule has 0 fully saturated rings. The summed E-state index contributed by atoms with van der Waals surface area (Å²) < 4.78 is 10.3. The Kier molecular flexibility index (Phi) is 13.0. The average Bonchev–Trinajstić information content (AvgIpc) is 2.59. The Bertz CT molecular complexity index is 636. The smallest absolute Gasteiger partial charge is 0.407 e. The van der Waals surface area contributed by atoms with Crippen LogP contribution in [0.25, 0.3) is 0 Å². The highest BCUT2D eigenvalue weighted by Crippen LogP contribution is 2.22. The maximum absolute atomic E-state index is 11.5. The maximum atomic E-state index is 11.5. The monoisotopic (exact) mass is 526 g/mol. The summed E-state index contributed by atoms with van der Waals surface area (Å²) in [6, 6.07) is 5.66. The van der Waals surface area contributed by atoms with Gasteiger partial charge in [0.15, 0.2) is 5.96 Å². The molecule has 9 heteroatoms. The van der Waals surface area contributed by atoms with E-state index in [-0.39, 0.29) is 24.0 Å². The van der Waals surface area contributed by atoms with Gasteiger partial charge in [0, 0.05) is 31.7 Å². The number of benzene rings is 1. The molecule has 160 valence electrons. The summed E-state index contributed by atoms with van der Waals surface area (Å²) in [5, 5.41) is 9.86. The minimum absolute atomic E-state index is 0. The number of hydrogen-bond acceptors (Lipinski definition) is 4. The standard InChI is InChI=1S/C19H31ClN4O3.HI/c1-19(2,3)27-18(25)24-11-6-10-22-17(21-4)23-12-9-14-7-8-15(26-5)13-16(14)20;/h7-8,13H,6,9-12H2,1-5H3,(H,24,25)(H2,21,22,23);1H. The molecule has 1 rings (SSSR count). The first kappa shape index (κ1) is 26.6. The van der Waals surface area contributed by atoms with Crippen molar-refractivity contribution >= 4 is 47.6 Å². The fourth-order valence-electron chi connectivity index (χ4n) is 2.19. The first-order valence-electron chi connectivity index (χ1n) is 8.99. The Labute approximate surface area is 190 Å². The van der Waals surface area contributed by atoms with Crippen molar-refractivity contribution in [1.29, 1.82) is 0 Å². The van der Waals surface area contributed by atoms with Gasteiger partial charge in [-0.2, -0.15) is 0 Å². The van der Waals surface area contributed by atoms with Crippen LogP contribution in [0.4, 0.5) is 4.79 Å². The van der Waals surface area contributed by atoms with Crippen LogP contribution in [0.5, 0.6) is 5.75 Å². The van der Waals surface area contributed by atoms with Crippen molar-refractivity contribution in [3.63, 3.8) is 0 Å². The molecule has 0 aliphatic rings. The molecule has 7 nitrogen and oxygen atoms in total. The van der Waals surface area contributed by atoms with Crippen LogP contribution in [0.2, 0.25) is 5.02 Å². The number of aliphatic imine (C=N–C) groups is 1. The molecule has 0 saturated heterocycles. The minimum atomic E-state index is -0.485. The lowest BCUT2D eigenvalue weighted by molar-refractivity contribution is 0.0527. The highest BCUT2D eigenvalue weighted by Gasteiger charge is 2.15. The largest absolute Gasteiger partial charge is 0.497 e. The number of carbonyl (C=O) groups is 1. The SMILES string of the molecule is CN=C(NCCCNC(=O)OC(C)(C)C)NCCc1ccc(OC)cc1Cl.I.